The maximum absolute atomic E-state index is 13.1. The highest BCUT2D eigenvalue weighted by Crippen LogP contribution is 2.29. The maximum Gasteiger partial charge on any atom is 0.325 e. The predicted molar refractivity (Wildman–Crippen MR) is 108 cm³/mol. The quantitative estimate of drug-likeness (QED) is 0.615. The van der Waals surface area contributed by atoms with Crippen LogP contribution < -0.4 is 5.32 Å². The largest absolute Gasteiger partial charge is 0.325 e. The molecule has 0 radical (unpaired) electrons. The number of nitrogens with zero attached hydrogens (tertiary/aromatic N) is 1. The topological polar surface area (TPSA) is 66.5 Å². The molecular weight excluding hydrogens is 352 g/mol. The summed E-state index contributed by atoms with van der Waals surface area (Å²) in [6, 6.07) is 12.8. The molecule has 28 heavy (non-hydrogen) atoms. The minimum absolute atomic E-state index is 0.219. The summed E-state index contributed by atoms with van der Waals surface area (Å²) in [5, 5.41) is 2.76. The Morgan fingerprint density at radius 2 is 1.71 bits per heavy atom. The molecule has 0 aromatic heterocycles. The van der Waals surface area contributed by atoms with Gasteiger partial charge in [-0.2, -0.15) is 0 Å². The van der Waals surface area contributed by atoms with Gasteiger partial charge < -0.3 is 5.32 Å². The Balaban J connectivity index is 1.87. The van der Waals surface area contributed by atoms with Gasteiger partial charge in [0.05, 0.1) is 6.54 Å². The lowest BCUT2D eigenvalue weighted by Crippen LogP contribution is -2.41. The summed E-state index contributed by atoms with van der Waals surface area (Å²) in [4.78, 5) is 39.6. The van der Waals surface area contributed by atoms with Crippen molar-refractivity contribution >= 4 is 17.7 Å². The summed E-state index contributed by atoms with van der Waals surface area (Å²) in [5.41, 5.74) is 3.18. The van der Waals surface area contributed by atoms with E-state index in [0.29, 0.717) is 17.5 Å². The molecule has 1 aliphatic rings. The van der Waals surface area contributed by atoms with Crippen LogP contribution >= 0.6 is 0 Å². The number of amides is 3. The van der Waals surface area contributed by atoms with E-state index in [1.54, 1.807) is 6.92 Å². The molecule has 1 saturated heterocycles. The van der Waals surface area contributed by atoms with Gasteiger partial charge in [0.25, 0.3) is 5.91 Å². The van der Waals surface area contributed by atoms with Gasteiger partial charge >= 0.3 is 6.03 Å². The van der Waals surface area contributed by atoms with Gasteiger partial charge in [-0.1, -0.05) is 55.8 Å². The van der Waals surface area contributed by atoms with E-state index in [-0.39, 0.29) is 12.3 Å². The van der Waals surface area contributed by atoms with Crippen molar-refractivity contribution in [2.45, 2.75) is 46.1 Å². The number of urea groups is 1. The van der Waals surface area contributed by atoms with Gasteiger partial charge in [-0.15, -0.1) is 0 Å². The number of rotatable bonds is 6. The van der Waals surface area contributed by atoms with Gasteiger partial charge in [-0.25, -0.2) is 4.79 Å². The number of nitrogens with one attached hydrogen (secondary N) is 1. The number of hydrogen-bond donors (Lipinski definition) is 1. The summed E-state index contributed by atoms with van der Waals surface area (Å²) in [6.07, 6.45) is 1.53. The molecule has 1 atom stereocenters. The molecule has 5 nitrogen and oxygen atoms in total. The van der Waals surface area contributed by atoms with Gasteiger partial charge in [0.1, 0.15) is 5.54 Å². The minimum Gasteiger partial charge on any atom is -0.319 e. The maximum atomic E-state index is 13.1. The zero-order valence-electron chi connectivity index (χ0n) is 16.8. The average molecular weight is 378 g/mol. The van der Waals surface area contributed by atoms with Crippen molar-refractivity contribution in [2.75, 3.05) is 6.54 Å². The molecule has 0 bridgehead atoms. The number of benzene rings is 2. The van der Waals surface area contributed by atoms with Gasteiger partial charge in [-0.05, 0) is 49.4 Å². The van der Waals surface area contributed by atoms with Gasteiger partial charge in [0, 0.05) is 5.56 Å². The van der Waals surface area contributed by atoms with Gasteiger partial charge in [0.2, 0.25) is 0 Å². The normalized spacial score (nSPS) is 19.1. The lowest BCUT2D eigenvalue weighted by Gasteiger charge is -2.22. The third kappa shape index (κ3) is 3.44. The first-order valence-electron chi connectivity index (χ1n) is 9.66. The fraction of sp³-hybridized carbons (Fsp3) is 0.348. The van der Waals surface area contributed by atoms with E-state index < -0.39 is 17.5 Å². The zero-order chi connectivity index (χ0) is 20.5. The molecule has 2 aromatic carbocycles. The highest BCUT2D eigenvalue weighted by Gasteiger charge is 2.49. The van der Waals surface area contributed by atoms with E-state index in [1.165, 1.54) is 0 Å². The number of ketones is 1. The molecule has 3 amide bonds. The third-order valence-electron chi connectivity index (χ3n) is 5.47. The molecule has 1 unspecified atom stereocenters. The second-order valence-corrected chi connectivity index (χ2v) is 7.43. The lowest BCUT2D eigenvalue weighted by atomic mass is 9.91. The molecule has 5 heteroatoms. The molecule has 1 heterocycles. The molecule has 3 rings (SSSR count). The van der Waals surface area contributed by atoms with Crippen LogP contribution in [-0.2, 0) is 23.2 Å². The monoisotopic (exact) mass is 378 g/mol. The summed E-state index contributed by atoms with van der Waals surface area (Å²) in [5.74, 6) is -0.622. The standard InChI is InChI=1S/C23H26N2O3/c1-5-16-9-10-17(6-2)19(13-16)20(26)14-25-21(27)23(4,24-22(25)28)18-11-7-15(3)8-12-18/h7-13H,5-6,14H2,1-4H3,(H,24,28). The molecule has 146 valence electrons. The molecule has 1 fully saturated rings. The average Bonchev–Trinajstić information content (AvgIpc) is 2.91. The van der Waals surface area contributed by atoms with Crippen LogP contribution in [0.5, 0.6) is 0 Å². The van der Waals surface area contributed by atoms with Crippen molar-refractivity contribution in [3.63, 3.8) is 0 Å². The van der Waals surface area contributed by atoms with E-state index in [2.05, 4.69) is 5.32 Å². The van der Waals surface area contributed by atoms with Gasteiger partial charge in [-0.3, -0.25) is 14.5 Å². The molecule has 0 spiro atoms. The molecule has 2 aromatic rings. The van der Waals surface area contributed by atoms with Crippen LogP contribution in [0.4, 0.5) is 4.79 Å². The molecule has 1 aliphatic heterocycles. The number of carbonyl (C=O) groups is 3. The smallest absolute Gasteiger partial charge is 0.319 e. The lowest BCUT2D eigenvalue weighted by molar-refractivity contribution is -0.130. The minimum atomic E-state index is -1.16. The van der Waals surface area contributed by atoms with Crippen LogP contribution in [0.25, 0.3) is 0 Å². The highest BCUT2D eigenvalue weighted by atomic mass is 16.2. The Hall–Kier alpha value is -2.95. The van der Waals surface area contributed by atoms with Crippen molar-refractivity contribution in [1.82, 2.24) is 10.2 Å². The summed E-state index contributed by atoms with van der Waals surface area (Å²) < 4.78 is 0. The predicted octanol–water partition coefficient (Wildman–Crippen LogP) is 3.77. The summed E-state index contributed by atoms with van der Waals surface area (Å²) in [6.45, 7) is 7.39. The molecule has 0 aliphatic carbocycles. The van der Waals surface area contributed by atoms with Crippen LogP contribution in [0.2, 0.25) is 0 Å². The number of Topliss-reactive ketones (excluding diaryl/α,β-unsaturated/α-hetero) is 1. The van der Waals surface area contributed by atoms with E-state index in [1.807, 2.05) is 63.2 Å². The van der Waals surface area contributed by atoms with Crippen molar-refractivity contribution < 1.29 is 14.4 Å². The second kappa shape index (κ2) is 7.58. The van der Waals surface area contributed by atoms with E-state index in [9.17, 15) is 14.4 Å². The Labute approximate surface area is 165 Å². The van der Waals surface area contributed by atoms with Crippen LogP contribution in [0.15, 0.2) is 42.5 Å². The number of carbonyl (C=O) groups excluding carboxylic acids is 3. The molecule has 1 N–H and O–H groups in total. The first-order valence-corrected chi connectivity index (χ1v) is 9.66. The zero-order valence-corrected chi connectivity index (χ0v) is 16.8. The third-order valence-corrected chi connectivity index (χ3v) is 5.47. The van der Waals surface area contributed by atoms with Crippen molar-refractivity contribution in [2.24, 2.45) is 0 Å². The SMILES string of the molecule is CCc1ccc(CC)c(C(=O)CN2C(=O)NC(C)(c3ccc(C)cc3)C2=O)c1. The Kier molecular flexibility index (Phi) is 5.36. The summed E-state index contributed by atoms with van der Waals surface area (Å²) in [7, 11) is 0. The Bertz CT molecular complexity index is 933. The number of imide groups is 1. The first-order chi connectivity index (χ1) is 13.3. The number of hydrogen-bond acceptors (Lipinski definition) is 3. The van der Waals surface area contributed by atoms with Gasteiger partial charge in [0.15, 0.2) is 5.78 Å². The highest BCUT2D eigenvalue weighted by molar-refractivity contribution is 6.11. The van der Waals surface area contributed by atoms with Crippen molar-refractivity contribution in [3.05, 3.63) is 70.3 Å². The number of aryl methyl sites for hydroxylation is 3. The first kappa shape index (κ1) is 19.8. The van der Waals surface area contributed by atoms with Crippen molar-refractivity contribution in [3.8, 4) is 0 Å². The summed E-state index contributed by atoms with van der Waals surface area (Å²) >= 11 is 0. The van der Waals surface area contributed by atoms with Crippen LogP contribution in [-0.4, -0.2) is 29.2 Å². The fourth-order valence-corrected chi connectivity index (χ4v) is 3.56. The van der Waals surface area contributed by atoms with E-state index in [0.717, 1.165) is 28.0 Å². The van der Waals surface area contributed by atoms with Crippen LogP contribution in [0.3, 0.4) is 0 Å². The Morgan fingerprint density at radius 3 is 2.32 bits per heavy atom. The van der Waals surface area contributed by atoms with Crippen LogP contribution in [0.1, 0.15) is 53.4 Å². The fourth-order valence-electron chi connectivity index (χ4n) is 3.56. The van der Waals surface area contributed by atoms with Crippen molar-refractivity contribution in [1.29, 1.82) is 0 Å². The van der Waals surface area contributed by atoms with E-state index >= 15 is 0 Å². The Morgan fingerprint density at radius 1 is 1.04 bits per heavy atom. The van der Waals surface area contributed by atoms with E-state index in [4.69, 9.17) is 0 Å². The second-order valence-electron chi connectivity index (χ2n) is 7.43. The molecule has 0 saturated carbocycles. The van der Waals surface area contributed by atoms with Crippen LogP contribution in [0, 0.1) is 6.92 Å². The molecular formula is C23H26N2O3.